The number of hydrogen-bond acceptors (Lipinski definition) is 4. The van der Waals surface area contributed by atoms with Crippen LogP contribution >= 0.6 is 0 Å². The first kappa shape index (κ1) is 18.4. The zero-order valence-electron chi connectivity index (χ0n) is 15.4. The molecule has 0 aliphatic carbocycles. The van der Waals surface area contributed by atoms with E-state index in [0.717, 1.165) is 35.8 Å². The molecule has 3 rings (SSSR count). The third-order valence-corrected chi connectivity index (χ3v) is 5.18. The summed E-state index contributed by atoms with van der Waals surface area (Å²) in [7, 11) is 2.99. The van der Waals surface area contributed by atoms with Crippen LogP contribution in [0.5, 0.6) is 0 Å². The van der Waals surface area contributed by atoms with E-state index in [1.165, 1.54) is 31.2 Å². The summed E-state index contributed by atoms with van der Waals surface area (Å²) in [5.41, 5.74) is 1.85. The average molecular weight is 358 g/mol. The maximum absolute atomic E-state index is 12.5. The molecular weight excluding hydrogens is 332 g/mol. The summed E-state index contributed by atoms with van der Waals surface area (Å²) in [6.45, 7) is 2.97. The Morgan fingerprint density at radius 3 is 2.46 bits per heavy atom. The van der Waals surface area contributed by atoms with Gasteiger partial charge in [0.1, 0.15) is 6.04 Å². The molecule has 1 N–H and O–H groups in total. The number of nitrogens with zero attached hydrogens (tertiary/aromatic N) is 3. The van der Waals surface area contributed by atoms with Gasteiger partial charge in [0, 0.05) is 26.3 Å². The summed E-state index contributed by atoms with van der Waals surface area (Å²) in [6.07, 6.45) is 3.67. The van der Waals surface area contributed by atoms with Gasteiger partial charge in [-0.1, -0.05) is 24.6 Å². The SMILES string of the molecule is CN1C(=O)C(CC(=O)Nc2ccccc2CN2CCCCC2)N(C)C1=O. The fraction of sp³-hybridized carbons (Fsp3) is 0.526. The molecule has 1 aromatic carbocycles. The predicted molar refractivity (Wildman–Crippen MR) is 98.5 cm³/mol. The maximum Gasteiger partial charge on any atom is 0.326 e. The van der Waals surface area contributed by atoms with Crippen molar-refractivity contribution in [2.45, 2.75) is 38.3 Å². The van der Waals surface area contributed by atoms with Crippen molar-refractivity contribution in [3.8, 4) is 0 Å². The molecule has 0 bridgehead atoms. The van der Waals surface area contributed by atoms with Crippen LogP contribution in [0.2, 0.25) is 0 Å². The lowest BCUT2D eigenvalue weighted by atomic mass is 10.1. The van der Waals surface area contributed by atoms with E-state index in [-0.39, 0.29) is 24.3 Å². The third kappa shape index (κ3) is 3.88. The van der Waals surface area contributed by atoms with Gasteiger partial charge in [-0.3, -0.25) is 19.4 Å². The molecule has 0 radical (unpaired) electrons. The van der Waals surface area contributed by atoms with Gasteiger partial charge in [0.15, 0.2) is 0 Å². The zero-order valence-corrected chi connectivity index (χ0v) is 15.4. The first-order valence-corrected chi connectivity index (χ1v) is 9.12. The Kier molecular flexibility index (Phi) is 5.56. The second-order valence-electron chi connectivity index (χ2n) is 7.05. The Balaban J connectivity index is 1.64. The number of hydrogen-bond donors (Lipinski definition) is 1. The molecule has 7 nitrogen and oxygen atoms in total. The number of piperidine rings is 1. The number of likely N-dealkylation sites (N-methyl/N-ethyl adjacent to an activating group) is 2. The van der Waals surface area contributed by atoms with Gasteiger partial charge in [-0.25, -0.2) is 4.79 Å². The molecule has 26 heavy (non-hydrogen) atoms. The van der Waals surface area contributed by atoms with E-state index in [1.807, 2.05) is 24.3 Å². The van der Waals surface area contributed by atoms with E-state index in [4.69, 9.17) is 0 Å². The summed E-state index contributed by atoms with van der Waals surface area (Å²) < 4.78 is 0. The Bertz CT molecular complexity index is 700. The predicted octanol–water partition coefficient (Wildman–Crippen LogP) is 1.89. The second kappa shape index (κ2) is 7.86. The van der Waals surface area contributed by atoms with Crippen LogP contribution in [-0.2, 0) is 16.1 Å². The number of imide groups is 1. The van der Waals surface area contributed by atoms with Crippen LogP contribution in [0.15, 0.2) is 24.3 Å². The molecule has 1 atom stereocenters. The number of carbonyl (C=O) groups is 3. The molecule has 140 valence electrons. The van der Waals surface area contributed by atoms with Gasteiger partial charge in [0.2, 0.25) is 5.91 Å². The van der Waals surface area contributed by atoms with Crippen molar-refractivity contribution in [3.05, 3.63) is 29.8 Å². The zero-order chi connectivity index (χ0) is 18.7. The van der Waals surface area contributed by atoms with Crippen LogP contribution < -0.4 is 5.32 Å². The Labute approximate surface area is 153 Å². The molecule has 7 heteroatoms. The largest absolute Gasteiger partial charge is 0.326 e. The highest BCUT2D eigenvalue weighted by Gasteiger charge is 2.41. The number of nitrogens with one attached hydrogen (secondary N) is 1. The lowest BCUT2D eigenvalue weighted by molar-refractivity contribution is -0.129. The number of amides is 4. The van der Waals surface area contributed by atoms with Crippen LogP contribution in [0.1, 0.15) is 31.2 Å². The molecule has 1 unspecified atom stereocenters. The smallest absolute Gasteiger partial charge is 0.326 e. The van der Waals surface area contributed by atoms with E-state index in [0.29, 0.717) is 0 Å². The molecule has 0 spiro atoms. The number of urea groups is 1. The summed E-state index contributed by atoms with van der Waals surface area (Å²) in [5.74, 6) is -0.598. The number of benzene rings is 1. The van der Waals surface area contributed by atoms with Gasteiger partial charge in [0.25, 0.3) is 5.91 Å². The first-order valence-electron chi connectivity index (χ1n) is 9.12. The van der Waals surface area contributed by atoms with Gasteiger partial charge in [0.05, 0.1) is 6.42 Å². The topological polar surface area (TPSA) is 73.0 Å². The van der Waals surface area contributed by atoms with Gasteiger partial charge >= 0.3 is 6.03 Å². The van der Waals surface area contributed by atoms with E-state index in [9.17, 15) is 14.4 Å². The Hall–Kier alpha value is -2.41. The molecule has 1 aromatic rings. The molecule has 4 amide bonds. The molecule has 2 fully saturated rings. The minimum absolute atomic E-state index is 0.0382. The fourth-order valence-electron chi connectivity index (χ4n) is 3.59. The molecule has 2 saturated heterocycles. The van der Waals surface area contributed by atoms with Crippen molar-refractivity contribution in [1.29, 1.82) is 0 Å². The first-order chi connectivity index (χ1) is 12.5. The highest BCUT2D eigenvalue weighted by molar-refractivity contribution is 6.06. The summed E-state index contributed by atoms with van der Waals surface area (Å²) >= 11 is 0. The van der Waals surface area contributed by atoms with Crippen LogP contribution in [0, 0.1) is 0 Å². The van der Waals surface area contributed by atoms with Crippen molar-refractivity contribution in [2.24, 2.45) is 0 Å². The fourth-order valence-corrected chi connectivity index (χ4v) is 3.59. The number of carbonyl (C=O) groups excluding carboxylic acids is 3. The van der Waals surface area contributed by atoms with E-state index in [2.05, 4.69) is 10.2 Å². The van der Waals surface area contributed by atoms with Crippen LogP contribution in [-0.4, -0.2) is 65.8 Å². The quantitative estimate of drug-likeness (QED) is 0.816. The monoisotopic (exact) mass is 358 g/mol. The molecule has 2 aliphatic rings. The van der Waals surface area contributed by atoms with Crippen molar-refractivity contribution < 1.29 is 14.4 Å². The van der Waals surface area contributed by atoms with Gasteiger partial charge in [-0.05, 0) is 37.6 Å². The normalized spacial score (nSPS) is 21.4. The lowest BCUT2D eigenvalue weighted by Gasteiger charge is -2.27. The molecular formula is C19H26N4O3. The third-order valence-electron chi connectivity index (χ3n) is 5.18. The average Bonchev–Trinajstić information content (AvgIpc) is 2.82. The van der Waals surface area contributed by atoms with Crippen molar-refractivity contribution in [1.82, 2.24) is 14.7 Å². The Morgan fingerprint density at radius 1 is 1.12 bits per heavy atom. The lowest BCUT2D eigenvalue weighted by Crippen LogP contribution is -2.35. The van der Waals surface area contributed by atoms with Gasteiger partial charge in [-0.2, -0.15) is 0 Å². The summed E-state index contributed by atoms with van der Waals surface area (Å²) in [5, 5.41) is 2.92. The van der Waals surface area contributed by atoms with E-state index < -0.39 is 6.04 Å². The minimum atomic E-state index is -0.734. The summed E-state index contributed by atoms with van der Waals surface area (Å²) in [6, 6.07) is 6.65. The Morgan fingerprint density at radius 2 is 1.81 bits per heavy atom. The second-order valence-corrected chi connectivity index (χ2v) is 7.05. The van der Waals surface area contributed by atoms with Crippen LogP contribution in [0.25, 0.3) is 0 Å². The van der Waals surface area contributed by atoms with Crippen molar-refractivity contribution in [3.63, 3.8) is 0 Å². The number of para-hydroxylation sites is 1. The molecule has 2 aliphatic heterocycles. The van der Waals surface area contributed by atoms with Crippen molar-refractivity contribution >= 4 is 23.5 Å². The minimum Gasteiger partial charge on any atom is -0.326 e. The molecule has 2 heterocycles. The standard InChI is InChI=1S/C19H26N4O3/c1-21-16(18(25)22(2)19(21)26)12-17(24)20-15-9-5-4-8-14(15)13-23-10-6-3-7-11-23/h4-5,8-9,16H,3,6-7,10-13H2,1-2H3,(H,20,24). The van der Waals surface area contributed by atoms with E-state index >= 15 is 0 Å². The molecule has 0 aromatic heterocycles. The highest BCUT2D eigenvalue weighted by atomic mass is 16.2. The summed E-state index contributed by atoms with van der Waals surface area (Å²) in [4.78, 5) is 41.2. The number of anilines is 1. The van der Waals surface area contributed by atoms with Gasteiger partial charge < -0.3 is 10.2 Å². The van der Waals surface area contributed by atoms with E-state index in [1.54, 1.807) is 7.05 Å². The van der Waals surface area contributed by atoms with Crippen LogP contribution in [0.3, 0.4) is 0 Å². The highest BCUT2D eigenvalue weighted by Crippen LogP contribution is 2.22. The molecule has 0 saturated carbocycles. The maximum atomic E-state index is 12.5. The van der Waals surface area contributed by atoms with Gasteiger partial charge in [-0.15, -0.1) is 0 Å². The van der Waals surface area contributed by atoms with Crippen LogP contribution in [0.4, 0.5) is 10.5 Å². The number of rotatable bonds is 5. The number of likely N-dealkylation sites (tertiary alicyclic amines) is 1. The van der Waals surface area contributed by atoms with Crippen molar-refractivity contribution in [2.75, 3.05) is 32.5 Å².